The lowest BCUT2D eigenvalue weighted by Gasteiger charge is -2.27. The van der Waals surface area contributed by atoms with Crippen molar-refractivity contribution in [2.45, 2.75) is 93.4 Å². The molecule has 17 nitrogen and oxygen atoms in total. The lowest BCUT2D eigenvalue weighted by Crippen LogP contribution is -2.35. The number of allylic oxidation sites excluding steroid dienone is 6. The van der Waals surface area contributed by atoms with Crippen molar-refractivity contribution in [2.24, 2.45) is 4.99 Å². The zero-order chi connectivity index (χ0) is 50.0. The highest BCUT2D eigenvalue weighted by Gasteiger charge is 2.44. The number of halogens is 1. The zero-order valence-corrected chi connectivity index (χ0v) is 41.9. The van der Waals surface area contributed by atoms with Crippen molar-refractivity contribution in [3.8, 4) is 5.75 Å². The molecule has 3 aromatic carbocycles. The summed E-state index contributed by atoms with van der Waals surface area (Å²) in [5.74, 6) is 0.316. The van der Waals surface area contributed by atoms with Crippen molar-refractivity contribution in [1.29, 1.82) is 0 Å². The molecule has 6 rings (SSSR count). The maximum Gasteiger partial charge on any atom is 0.327 e. The van der Waals surface area contributed by atoms with Gasteiger partial charge in [-0.1, -0.05) is 55.8 Å². The molecule has 368 valence electrons. The van der Waals surface area contributed by atoms with E-state index >= 15 is 0 Å². The van der Waals surface area contributed by atoms with Crippen LogP contribution in [0.4, 0.5) is 11.5 Å². The van der Waals surface area contributed by atoms with Gasteiger partial charge in [-0.15, -0.1) is 0 Å². The molecule has 2 aliphatic heterocycles. The first-order chi connectivity index (χ1) is 31.6. The number of aliphatic hydroxyl groups excluding tert-OH is 1. The summed E-state index contributed by atoms with van der Waals surface area (Å²) in [6.07, 6.45) is 11.3. The van der Waals surface area contributed by atoms with E-state index in [4.69, 9.17) is 21.3 Å². The number of fused-ring (bicyclic) bond motifs is 4. The number of benzene rings is 3. The first-order valence-electron chi connectivity index (χ1n) is 21.6. The van der Waals surface area contributed by atoms with Crippen LogP contribution in [-0.2, 0) is 57.8 Å². The van der Waals surface area contributed by atoms with E-state index in [0.29, 0.717) is 83.3 Å². The summed E-state index contributed by atoms with van der Waals surface area (Å²) in [7, 11) is -18.4. The molecule has 22 heteroatoms. The van der Waals surface area contributed by atoms with Gasteiger partial charge in [0, 0.05) is 35.3 Å². The standard InChI is InChI=1S/C46H54ClN3O14S4/c1-45(2)38-27-33(47)30-49(20-5-9-24-65(52,53)54)44(38)48-41(45)18-14-31(32-12-11-13-34(26-32)64-23-8-7-22-51)15-19-42-46(3,4)43-37-28-35(67(58,59)60)29-40(68(61,62)63)36(37)16-17-39(43)50(42)21-6-10-25-66(55,56)57/h11-19,26-30,51H,5-10,20-25H2,1-4H3,(H3-,52,53,54,55,56,57,58,59,60,61,62,63)/p+1. The fraction of sp³-hybridized carbons (Fsp3) is 0.391. The fourth-order valence-electron chi connectivity index (χ4n) is 8.61. The Morgan fingerprint density at radius 1 is 0.794 bits per heavy atom. The average Bonchev–Trinajstić information content (AvgIpc) is 3.61. The van der Waals surface area contributed by atoms with Gasteiger partial charge in [0.15, 0.2) is 5.71 Å². The molecule has 0 aliphatic carbocycles. The fourth-order valence-corrected chi connectivity index (χ4v) is 11.3. The average molecular weight is 1040 g/mol. The Balaban J connectivity index is 1.51. The van der Waals surface area contributed by atoms with E-state index in [9.17, 15) is 57.0 Å². The number of rotatable bonds is 21. The number of hydrogen-bond donors (Lipinski definition) is 5. The van der Waals surface area contributed by atoms with Crippen molar-refractivity contribution in [3.63, 3.8) is 0 Å². The Morgan fingerprint density at radius 2 is 1.49 bits per heavy atom. The Kier molecular flexibility index (Phi) is 15.9. The smallest absolute Gasteiger partial charge is 0.327 e. The Bertz CT molecular complexity index is 3200. The summed E-state index contributed by atoms with van der Waals surface area (Å²) in [5, 5.41) is 9.86. The maximum absolute atomic E-state index is 12.7. The topological polar surface area (TPSA) is 266 Å². The van der Waals surface area contributed by atoms with Gasteiger partial charge in [-0.3, -0.25) is 18.2 Å². The number of aliphatic hydroxyl groups is 1. The van der Waals surface area contributed by atoms with E-state index < -0.39 is 66.8 Å². The minimum Gasteiger partial charge on any atom is -0.494 e. The summed E-state index contributed by atoms with van der Waals surface area (Å²) in [4.78, 5) is 5.45. The van der Waals surface area contributed by atoms with Gasteiger partial charge in [0.05, 0.1) is 45.6 Å². The van der Waals surface area contributed by atoms with Crippen molar-refractivity contribution >= 4 is 85.6 Å². The van der Waals surface area contributed by atoms with E-state index in [-0.39, 0.29) is 48.9 Å². The van der Waals surface area contributed by atoms with Crippen LogP contribution >= 0.6 is 11.6 Å². The maximum atomic E-state index is 12.7. The van der Waals surface area contributed by atoms with E-state index in [1.165, 1.54) is 6.07 Å². The normalized spacial score (nSPS) is 16.7. The third-order valence-electron chi connectivity index (χ3n) is 12.0. The number of anilines is 1. The molecule has 0 fully saturated rings. The van der Waals surface area contributed by atoms with E-state index in [0.717, 1.165) is 17.2 Å². The lowest BCUT2D eigenvalue weighted by molar-refractivity contribution is -0.684. The van der Waals surface area contributed by atoms with Crippen molar-refractivity contribution in [1.82, 2.24) is 0 Å². The van der Waals surface area contributed by atoms with Crippen molar-refractivity contribution < 1.29 is 66.3 Å². The molecule has 5 N–H and O–H groups in total. The molecular weight excluding hydrogens is 982 g/mol. The Morgan fingerprint density at radius 3 is 2.13 bits per heavy atom. The van der Waals surface area contributed by atoms with Crippen LogP contribution in [0.1, 0.15) is 82.9 Å². The van der Waals surface area contributed by atoms with Crippen LogP contribution in [0, 0.1) is 0 Å². The number of unbranched alkanes of at least 4 members (excludes halogenated alkanes) is 3. The minimum atomic E-state index is -5.01. The molecule has 68 heavy (non-hydrogen) atoms. The number of nitrogens with zero attached hydrogens (tertiary/aromatic N) is 3. The largest absolute Gasteiger partial charge is 0.494 e. The van der Waals surface area contributed by atoms with Gasteiger partial charge in [0.2, 0.25) is 0 Å². The lowest BCUT2D eigenvalue weighted by atomic mass is 9.81. The predicted molar refractivity (Wildman–Crippen MR) is 260 cm³/mol. The molecule has 0 radical (unpaired) electrons. The van der Waals surface area contributed by atoms with E-state index in [2.05, 4.69) is 0 Å². The van der Waals surface area contributed by atoms with Crippen LogP contribution < -0.4 is 14.2 Å². The molecule has 0 saturated heterocycles. The summed E-state index contributed by atoms with van der Waals surface area (Å²) >= 11 is 6.60. The highest BCUT2D eigenvalue weighted by molar-refractivity contribution is 7.87. The van der Waals surface area contributed by atoms with Gasteiger partial charge in [-0.05, 0) is 128 Å². The van der Waals surface area contributed by atoms with Gasteiger partial charge < -0.3 is 14.7 Å². The number of aromatic nitrogens is 1. The van der Waals surface area contributed by atoms with Crippen LogP contribution in [0.3, 0.4) is 0 Å². The second-order valence-electron chi connectivity index (χ2n) is 17.7. The number of ether oxygens (including phenoxy) is 1. The molecule has 0 saturated carbocycles. The summed E-state index contributed by atoms with van der Waals surface area (Å²) in [6, 6.07) is 14.1. The quantitative estimate of drug-likeness (QED) is 0.0235. The van der Waals surface area contributed by atoms with Gasteiger partial charge in [-0.25, -0.2) is 4.57 Å². The summed E-state index contributed by atoms with van der Waals surface area (Å²) in [5.41, 5.74) is 2.77. The molecule has 0 bridgehead atoms. The number of aliphatic imine (C=N–C) groups is 1. The zero-order valence-electron chi connectivity index (χ0n) is 37.8. The monoisotopic (exact) mass is 1040 g/mol. The van der Waals surface area contributed by atoms with Crippen LogP contribution in [0.25, 0.3) is 16.3 Å². The van der Waals surface area contributed by atoms with Crippen LogP contribution in [0.5, 0.6) is 5.75 Å². The van der Waals surface area contributed by atoms with E-state index in [1.807, 2.05) is 85.7 Å². The SMILES string of the molecule is CC1(C)C(/C=C/C(=C/C=C2\N(CCCCS(=O)(=O)O)c3ccc4c(S(=O)(=O)O)cc(S(=O)(=O)O)cc4c3C2(C)C)c2cccc(OCCCCO)c2)=Nc2c1cc(Cl)c[n+]2CCCCS(=O)(=O)O. The third kappa shape index (κ3) is 12.4. The second-order valence-corrected chi connectivity index (χ2v) is 24.1. The number of pyridine rings is 1. The van der Waals surface area contributed by atoms with Crippen LogP contribution in [0.2, 0.25) is 5.02 Å². The van der Waals surface area contributed by atoms with Gasteiger partial charge in [0.25, 0.3) is 40.5 Å². The van der Waals surface area contributed by atoms with Gasteiger partial charge in [-0.2, -0.15) is 33.7 Å². The molecule has 2 aliphatic rings. The second kappa shape index (κ2) is 20.4. The van der Waals surface area contributed by atoms with Crippen LogP contribution in [-0.4, -0.2) is 94.0 Å². The highest BCUT2D eigenvalue weighted by Crippen LogP contribution is 2.52. The molecular formula is C46H55ClN3O14S4+. The molecule has 4 aromatic rings. The van der Waals surface area contributed by atoms with Gasteiger partial charge >= 0.3 is 5.82 Å². The van der Waals surface area contributed by atoms with Gasteiger partial charge in [0.1, 0.15) is 16.8 Å². The van der Waals surface area contributed by atoms with Crippen molar-refractivity contribution in [2.75, 3.05) is 36.2 Å². The molecule has 0 amide bonds. The Hall–Kier alpha value is -4.55. The van der Waals surface area contributed by atoms with Crippen molar-refractivity contribution in [3.05, 3.63) is 113 Å². The number of aryl methyl sites for hydroxylation is 1. The molecule has 3 heterocycles. The third-order valence-corrected chi connectivity index (χ3v) is 15.5. The highest BCUT2D eigenvalue weighted by atomic mass is 35.5. The van der Waals surface area contributed by atoms with Crippen LogP contribution in [0.15, 0.2) is 106 Å². The molecule has 0 unspecified atom stereocenters. The molecule has 1 aromatic heterocycles. The molecule has 0 spiro atoms. The molecule has 0 atom stereocenters. The Labute approximate surface area is 402 Å². The first kappa shape index (κ1) is 52.8. The minimum absolute atomic E-state index is 0.00377. The summed E-state index contributed by atoms with van der Waals surface area (Å²) in [6.45, 7) is 8.63. The first-order valence-corrected chi connectivity index (χ1v) is 28.1. The van der Waals surface area contributed by atoms with E-state index in [1.54, 1.807) is 18.3 Å². The number of hydrogen-bond acceptors (Lipinski definition) is 12. The summed E-state index contributed by atoms with van der Waals surface area (Å²) < 4.78 is 143. The predicted octanol–water partition coefficient (Wildman–Crippen LogP) is 7.45.